The first-order valence-electron chi connectivity index (χ1n) is 6.45. The van der Waals surface area contributed by atoms with Crippen LogP contribution in [0.5, 0.6) is 11.5 Å². The summed E-state index contributed by atoms with van der Waals surface area (Å²) < 4.78 is 11.6. The van der Waals surface area contributed by atoms with E-state index in [1.807, 2.05) is 12.1 Å². The number of ether oxygens (including phenoxy) is 2. The number of aliphatic hydroxyl groups excluding tert-OH is 1. The Morgan fingerprint density at radius 2 is 1.79 bits per heavy atom. The molecule has 1 aliphatic rings. The molecule has 1 aliphatic heterocycles. The third-order valence-corrected chi connectivity index (χ3v) is 4.24. The van der Waals surface area contributed by atoms with Crippen LogP contribution in [0, 0.1) is 0 Å². The van der Waals surface area contributed by atoms with Gasteiger partial charge in [0.2, 0.25) is 0 Å². The van der Waals surface area contributed by atoms with Crippen molar-refractivity contribution in [2.75, 3.05) is 27.3 Å². The highest BCUT2D eigenvalue weighted by Crippen LogP contribution is 2.34. The van der Waals surface area contributed by atoms with Crippen LogP contribution in [-0.2, 0) is 6.54 Å². The molecule has 1 fully saturated rings. The van der Waals surface area contributed by atoms with Crippen molar-refractivity contribution in [1.82, 2.24) is 4.90 Å². The number of benzene rings is 1. The topological polar surface area (TPSA) is 41.9 Å². The smallest absolute Gasteiger partial charge is 0.161 e. The van der Waals surface area contributed by atoms with E-state index >= 15 is 0 Å². The molecule has 1 aromatic carbocycles. The lowest BCUT2D eigenvalue weighted by Gasteiger charge is -2.29. The van der Waals surface area contributed by atoms with Crippen molar-refractivity contribution in [3.05, 3.63) is 22.2 Å². The van der Waals surface area contributed by atoms with Crippen molar-refractivity contribution in [1.29, 1.82) is 0 Å². The second-order valence-corrected chi connectivity index (χ2v) is 5.66. The van der Waals surface area contributed by atoms with Crippen molar-refractivity contribution in [2.24, 2.45) is 0 Å². The molecule has 5 heteroatoms. The van der Waals surface area contributed by atoms with Crippen molar-refractivity contribution >= 4 is 15.9 Å². The van der Waals surface area contributed by atoms with Gasteiger partial charge in [-0.15, -0.1) is 0 Å². The molecule has 1 aromatic rings. The first-order valence-corrected chi connectivity index (χ1v) is 7.24. The van der Waals surface area contributed by atoms with E-state index in [-0.39, 0.29) is 6.10 Å². The van der Waals surface area contributed by atoms with Gasteiger partial charge in [0.15, 0.2) is 11.5 Å². The first kappa shape index (κ1) is 14.6. The highest BCUT2D eigenvalue weighted by molar-refractivity contribution is 9.10. The monoisotopic (exact) mass is 329 g/mol. The molecule has 0 amide bonds. The lowest BCUT2D eigenvalue weighted by atomic mass is 10.1. The molecule has 1 heterocycles. The van der Waals surface area contributed by atoms with Gasteiger partial charge in [0, 0.05) is 24.1 Å². The van der Waals surface area contributed by atoms with Crippen LogP contribution in [0.4, 0.5) is 0 Å². The molecule has 4 nitrogen and oxygen atoms in total. The van der Waals surface area contributed by atoms with E-state index in [0.29, 0.717) is 0 Å². The van der Waals surface area contributed by atoms with Gasteiger partial charge in [-0.2, -0.15) is 0 Å². The Balaban J connectivity index is 2.11. The number of hydrogen-bond donors (Lipinski definition) is 1. The van der Waals surface area contributed by atoms with Gasteiger partial charge in [-0.1, -0.05) is 15.9 Å². The Labute approximate surface area is 122 Å². The van der Waals surface area contributed by atoms with Crippen LogP contribution in [-0.4, -0.2) is 43.4 Å². The van der Waals surface area contributed by atoms with Gasteiger partial charge in [0.1, 0.15) is 0 Å². The highest BCUT2D eigenvalue weighted by Gasteiger charge is 2.18. The lowest BCUT2D eigenvalue weighted by Crippen LogP contribution is -2.35. The van der Waals surface area contributed by atoms with E-state index in [0.717, 1.165) is 48.4 Å². The molecule has 0 spiro atoms. The maximum absolute atomic E-state index is 9.53. The zero-order chi connectivity index (χ0) is 13.8. The van der Waals surface area contributed by atoms with E-state index in [9.17, 15) is 5.11 Å². The number of rotatable bonds is 4. The average Bonchev–Trinajstić information content (AvgIpc) is 2.43. The standard InChI is InChI=1S/C14H20BrNO3/c1-18-13-7-10(12(15)8-14(13)19-2)9-16-5-3-11(17)4-6-16/h7-8,11,17H,3-6,9H2,1-2H3. The van der Waals surface area contributed by atoms with Crippen LogP contribution in [0.25, 0.3) is 0 Å². The average molecular weight is 330 g/mol. The van der Waals surface area contributed by atoms with Crippen molar-refractivity contribution < 1.29 is 14.6 Å². The second-order valence-electron chi connectivity index (χ2n) is 4.81. The minimum absolute atomic E-state index is 0.134. The van der Waals surface area contributed by atoms with Gasteiger partial charge in [-0.25, -0.2) is 0 Å². The molecular weight excluding hydrogens is 310 g/mol. The summed E-state index contributed by atoms with van der Waals surface area (Å²) in [5.41, 5.74) is 1.18. The molecule has 19 heavy (non-hydrogen) atoms. The fraction of sp³-hybridized carbons (Fsp3) is 0.571. The quantitative estimate of drug-likeness (QED) is 0.921. The second kappa shape index (κ2) is 6.59. The molecular formula is C14H20BrNO3. The van der Waals surface area contributed by atoms with Gasteiger partial charge in [-0.05, 0) is 30.5 Å². The Morgan fingerprint density at radius 1 is 1.21 bits per heavy atom. The third-order valence-electron chi connectivity index (χ3n) is 3.50. The fourth-order valence-corrected chi connectivity index (χ4v) is 2.78. The molecule has 0 radical (unpaired) electrons. The summed E-state index contributed by atoms with van der Waals surface area (Å²) in [4.78, 5) is 2.35. The summed E-state index contributed by atoms with van der Waals surface area (Å²) in [5, 5.41) is 9.53. The van der Waals surface area contributed by atoms with Gasteiger partial charge in [0.25, 0.3) is 0 Å². The van der Waals surface area contributed by atoms with Gasteiger partial charge in [0.05, 0.1) is 20.3 Å². The SMILES string of the molecule is COc1cc(Br)c(CN2CCC(O)CC2)cc1OC. The molecule has 1 saturated heterocycles. The van der Waals surface area contributed by atoms with E-state index in [2.05, 4.69) is 20.8 Å². The molecule has 0 atom stereocenters. The number of nitrogens with zero attached hydrogens (tertiary/aromatic N) is 1. The van der Waals surface area contributed by atoms with E-state index in [1.165, 1.54) is 5.56 Å². The van der Waals surface area contributed by atoms with Gasteiger partial charge in [-0.3, -0.25) is 4.90 Å². The zero-order valence-electron chi connectivity index (χ0n) is 11.4. The molecule has 0 aliphatic carbocycles. The summed E-state index contributed by atoms with van der Waals surface area (Å²) in [6.07, 6.45) is 1.57. The number of methoxy groups -OCH3 is 2. The predicted molar refractivity (Wildman–Crippen MR) is 77.8 cm³/mol. The minimum atomic E-state index is -0.134. The molecule has 0 saturated carbocycles. The van der Waals surface area contributed by atoms with Crippen LogP contribution in [0.2, 0.25) is 0 Å². The molecule has 1 N–H and O–H groups in total. The third kappa shape index (κ3) is 3.61. The summed E-state index contributed by atoms with van der Waals surface area (Å²) >= 11 is 3.58. The van der Waals surface area contributed by atoms with Gasteiger partial charge < -0.3 is 14.6 Å². The fourth-order valence-electron chi connectivity index (χ4n) is 2.34. The minimum Gasteiger partial charge on any atom is -0.493 e. The number of piperidine rings is 1. The molecule has 0 aromatic heterocycles. The first-order chi connectivity index (χ1) is 9.13. The predicted octanol–water partition coefficient (Wildman–Crippen LogP) is 2.42. The van der Waals surface area contributed by atoms with Crippen LogP contribution in [0.3, 0.4) is 0 Å². The summed E-state index contributed by atoms with van der Waals surface area (Å²) in [6, 6.07) is 3.95. The summed E-state index contributed by atoms with van der Waals surface area (Å²) in [7, 11) is 3.28. The Kier molecular flexibility index (Phi) is 5.07. The Bertz CT molecular complexity index is 431. The van der Waals surface area contributed by atoms with Gasteiger partial charge >= 0.3 is 0 Å². The van der Waals surface area contributed by atoms with E-state index in [4.69, 9.17) is 9.47 Å². The number of halogens is 1. The lowest BCUT2D eigenvalue weighted by molar-refractivity contribution is 0.0791. The van der Waals surface area contributed by atoms with Crippen LogP contribution >= 0.6 is 15.9 Å². The number of likely N-dealkylation sites (tertiary alicyclic amines) is 1. The maximum atomic E-state index is 9.53. The molecule has 0 unspecified atom stereocenters. The number of aliphatic hydroxyl groups is 1. The van der Waals surface area contributed by atoms with Crippen LogP contribution in [0.1, 0.15) is 18.4 Å². The van der Waals surface area contributed by atoms with E-state index < -0.39 is 0 Å². The molecule has 2 rings (SSSR count). The summed E-state index contributed by atoms with van der Waals surface area (Å²) in [6.45, 7) is 2.72. The van der Waals surface area contributed by atoms with E-state index in [1.54, 1.807) is 14.2 Å². The van der Waals surface area contributed by atoms with Crippen molar-refractivity contribution in [3.8, 4) is 11.5 Å². The van der Waals surface area contributed by atoms with Crippen molar-refractivity contribution in [2.45, 2.75) is 25.5 Å². The largest absolute Gasteiger partial charge is 0.493 e. The normalized spacial score (nSPS) is 17.5. The Hall–Kier alpha value is -0.780. The highest BCUT2D eigenvalue weighted by atomic mass is 79.9. The van der Waals surface area contributed by atoms with Crippen LogP contribution < -0.4 is 9.47 Å². The van der Waals surface area contributed by atoms with Crippen LogP contribution in [0.15, 0.2) is 16.6 Å². The number of hydrogen-bond acceptors (Lipinski definition) is 4. The maximum Gasteiger partial charge on any atom is 0.161 e. The zero-order valence-corrected chi connectivity index (χ0v) is 12.9. The molecule has 106 valence electrons. The Morgan fingerprint density at radius 3 is 2.37 bits per heavy atom. The summed E-state index contributed by atoms with van der Waals surface area (Å²) in [5.74, 6) is 1.48. The molecule has 0 bridgehead atoms. The van der Waals surface area contributed by atoms with Crippen molar-refractivity contribution in [3.63, 3.8) is 0 Å².